The topological polar surface area (TPSA) is 84.2 Å². The summed E-state index contributed by atoms with van der Waals surface area (Å²) in [5, 5.41) is 21.3. The lowest BCUT2D eigenvalue weighted by Gasteiger charge is -2.11. The molecule has 26 heavy (non-hydrogen) atoms. The van der Waals surface area contributed by atoms with Crippen LogP contribution in [0.3, 0.4) is 0 Å². The van der Waals surface area contributed by atoms with Crippen molar-refractivity contribution in [2.75, 3.05) is 5.32 Å². The van der Waals surface area contributed by atoms with Crippen LogP contribution in [0.2, 0.25) is 0 Å². The molecule has 2 N–H and O–H groups in total. The minimum absolute atomic E-state index is 0.232. The molecule has 0 spiro atoms. The number of aryl methyl sites for hydroxylation is 1. The molecular weight excluding hydrogens is 388 g/mol. The van der Waals surface area contributed by atoms with Crippen LogP contribution >= 0.6 is 34.9 Å². The minimum Gasteiger partial charge on any atom is -0.332 e. The Morgan fingerprint density at radius 3 is 2.81 bits per heavy atom. The number of nitrogens with one attached hydrogen (secondary N) is 2. The SMILES string of the molecule is Cc1nnc2sc(-c3ccccc3NC(=S)NC(=O)c3cccs3)nn12. The van der Waals surface area contributed by atoms with Crippen LogP contribution in [0.15, 0.2) is 41.8 Å². The third kappa shape index (κ3) is 3.21. The molecule has 1 aromatic carbocycles. The van der Waals surface area contributed by atoms with Crippen molar-refractivity contribution in [3.05, 3.63) is 52.5 Å². The highest BCUT2D eigenvalue weighted by molar-refractivity contribution is 7.80. The molecule has 0 unspecified atom stereocenters. The van der Waals surface area contributed by atoms with E-state index in [0.717, 1.165) is 27.0 Å². The maximum absolute atomic E-state index is 12.1. The van der Waals surface area contributed by atoms with Gasteiger partial charge in [0, 0.05) is 5.56 Å². The van der Waals surface area contributed by atoms with Crippen molar-refractivity contribution in [1.82, 2.24) is 25.1 Å². The summed E-state index contributed by atoms with van der Waals surface area (Å²) in [7, 11) is 0. The first-order valence-corrected chi connectivity index (χ1v) is 9.66. The molecule has 130 valence electrons. The zero-order valence-corrected chi connectivity index (χ0v) is 15.9. The van der Waals surface area contributed by atoms with Crippen LogP contribution in [-0.4, -0.2) is 30.8 Å². The van der Waals surface area contributed by atoms with Crippen LogP contribution < -0.4 is 10.6 Å². The van der Waals surface area contributed by atoms with Gasteiger partial charge in [0.2, 0.25) is 4.96 Å². The number of benzene rings is 1. The quantitative estimate of drug-likeness (QED) is 0.513. The number of thiophene rings is 1. The highest BCUT2D eigenvalue weighted by Crippen LogP contribution is 2.31. The Morgan fingerprint density at radius 1 is 1.19 bits per heavy atom. The summed E-state index contributed by atoms with van der Waals surface area (Å²) in [6.45, 7) is 1.85. The summed E-state index contributed by atoms with van der Waals surface area (Å²) >= 11 is 8.08. The predicted molar refractivity (Wildman–Crippen MR) is 107 cm³/mol. The first kappa shape index (κ1) is 16.8. The molecule has 0 bridgehead atoms. The largest absolute Gasteiger partial charge is 0.332 e. The van der Waals surface area contributed by atoms with E-state index in [0.29, 0.717) is 4.88 Å². The Balaban J connectivity index is 1.57. The number of nitrogens with zero attached hydrogens (tertiary/aromatic N) is 4. The number of hydrogen-bond acceptors (Lipinski definition) is 7. The second-order valence-corrected chi connectivity index (χ2v) is 7.59. The molecule has 1 amide bonds. The monoisotopic (exact) mass is 400 g/mol. The highest BCUT2D eigenvalue weighted by atomic mass is 32.1. The summed E-state index contributed by atoms with van der Waals surface area (Å²) in [5.74, 6) is 0.496. The molecule has 0 aliphatic carbocycles. The van der Waals surface area contributed by atoms with Gasteiger partial charge in [-0.15, -0.1) is 21.5 Å². The van der Waals surface area contributed by atoms with E-state index in [1.165, 1.54) is 22.7 Å². The van der Waals surface area contributed by atoms with Gasteiger partial charge in [-0.3, -0.25) is 10.1 Å². The van der Waals surface area contributed by atoms with Crippen LogP contribution in [0, 0.1) is 6.92 Å². The molecule has 3 heterocycles. The number of carbonyl (C=O) groups is 1. The summed E-state index contributed by atoms with van der Waals surface area (Å²) in [6, 6.07) is 11.2. The standard InChI is InChI=1S/C16H12N6OS3/c1-9-19-20-16-22(9)21-14(26-16)10-5-2-3-6-11(10)17-15(24)18-13(23)12-7-4-8-25-12/h2-8H,1H3,(H2,17,18,23,24). The molecule has 3 aromatic heterocycles. The molecule has 7 nitrogen and oxygen atoms in total. The molecular formula is C16H12N6OS3. The van der Waals surface area contributed by atoms with Crippen molar-refractivity contribution in [2.24, 2.45) is 0 Å². The smallest absolute Gasteiger partial charge is 0.267 e. The predicted octanol–water partition coefficient (Wildman–Crippen LogP) is 3.35. The van der Waals surface area contributed by atoms with Crippen LogP contribution in [0.25, 0.3) is 15.5 Å². The van der Waals surface area contributed by atoms with Crippen LogP contribution in [-0.2, 0) is 0 Å². The van der Waals surface area contributed by atoms with Gasteiger partial charge in [0.25, 0.3) is 5.91 Å². The first-order valence-electron chi connectivity index (χ1n) is 7.56. The summed E-state index contributed by atoms with van der Waals surface area (Å²) in [5.41, 5.74) is 1.63. The van der Waals surface area contributed by atoms with E-state index >= 15 is 0 Å². The van der Waals surface area contributed by atoms with Gasteiger partial charge in [-0.2, -0.15) is 9.61 Å². The first-order chi connectivity index (χ1) is 12.6. The third-order valence-corrected chi connectivity index (χ3v) is 5.53. The number of fused-ring (bicyclic) bond motifs is 1. The van der Waals surface area contributed by atoms with Crippen molar-refractivity contribution >= 4 is 56.6 Å². The van der Waals surface area contributed by atoms with E-state index in [-0.39, 0.29) is 11.0 Å². The molecule has 0 radical (unpaired) electrons. The van der Waals surface area contributed by atoms with Gasteiger partial charge in [0.05, 0.1) is 10.6 Å². The normalized spacial score (nSPS) is 10.8. The maximum Gasteiger partial charge on any atom is 0.267 e. The zero-order chi connectivity index (χ0) is 18.1. The lowest BCUT2D eigenvalue weighted by Crippen LogP contribution is -2.33. The maximum atomic E-state index is 12.1. The second kappa shape index (κ2) is 6.90. The Morgan fingerprint density at radius 2 is 2.04 bits per heavy atom. The van der Waals surface area contributed by atoms with Gasteiger partial charge in [0.1, 0.15) is 5.01 Å². The van der Waals surface area contributed by atoms with Crippen molar-refractivity contribution in [3.8, 4) is 10.6 Å². The van der Waals surface area contributed by atoms with E-state index in [1.54, 1.807) is 10.6 Å². The van der Waals surface area contributed by atoms with E-state index in [4.69, 9.17) is 12.2 Å². The number of amides is 1. The van der Waals surface area contributed by atoms with Gasteiger partial charge in [-0.25, -0.2) is 0 Å². The van der Waals surface area contributed by atoms with Crippen molar-refractivity contribution in [2.45, 2.75) is 6.92 Å². The fourth-order valence-electron chi connectivity index (χ4n) is 2.33. The summed E-state index contributed by atoms with van der Waals surface area (Å²) in [6.07, 6.45) is 0. The van der Waals surface area contributed by atoms with Crippen LogP contribution in [0.5, 0.6) is 0 Å². The molecule has 0 saturated heterocycles. The minimum atomic E-state index is -0.232. The van der Waals surface area contributed by atoms with Gasteiger partial charge >= 0.3 is 0 Å². The van der Waals surface area contributed by atoms with Gasteiger partial charge < -0.3 is 5.32 Å². The Kier molecular flexibility index (Phi) is 4.45. The number of rotatable bonds is 3. The molecule has 0 saturated carbocycles. The van der Waals surface area contributed by atoms with Crippen LogP contribution in [0.1, 0.15) is 15.5 Å². The van der Waals surface area contributed by atoms with E-state index < -0.39 is 0 Å². The molecule has 0 aliphatic rings. The van der Waals surface area contributed by atoms with Gasteiger partial charge in [0.15, 0.2) is 10.9 Å². The Labute approximate surface area is 161 Å². The Hall–Kier alpha value is -2.69. The molecule has 10 heteroatoms. The molecule has 4 rings (SSSR count). The van der Waals surface area contributed by atoms with E-state index in [1.807, 2.05) is 42.6 Å². The lowest BCUT2D eigenvalue weighted by molar-refractivity contribution is 0.0981. The summed E-state index contributed by atoms with van der Waals surface area (Å²) in [4.78, 5) is 13.5. The van der Waals surface area contributed by atoms with E-state index in [2.05, 4.69) is 25.9 Å². The molecule has 0 aliphatic heterocycles. The lowest BCUT2D eigenvalue weighted by atomic mass is 10.2. The fourth-order valence-corrected chi connectivity index (χ4v) is 4.07. The Bertz CT molecular complexity index is 1100. The van der Waals surface area contributed by atoms with E-state index in [9.17, 15) is 4.79 Å². The zero-order valence-electron chi connectivity index (χ0n) is 13.5. The number of para-hydroxylation sites is 1. The average Bonchev–Trinajstić information content (AvgIpc) is 3.34. The highest BCUT2D eigenvalue weighted by Gasteiger charge is 2.15. The summed E-state index contributed by atoms with van der Waals surface area (Å²) < 4.78 is 1.70. The van der Waals surface area contributed by atoms with Gasteiger partial charge in [-0.05, 0) is 42.7 Å². The molecule has 0 fully saturated rings. The third-order valence-electron chi connectivity index (χ3n) is 3.52. The number of hydrogen-bond donors (Lipinski definition) is 2. The average molecular weight is 401 g/mol. The van der Waals surface area contributed by atoms with Crippen molar-refractivity contribution < 1.29 is 4.79 Å². The number of carbonyl (C=O) groups excluding carboxylic acids is 1. The second-order valence-electron chi connectivity index (χ2n) is 5.28. The van der Waals surface area contributed by atoms with Gasteiger partial charge in [-0.1, -0.05) is 29.5 Å². The number of thiocarbonyl (C=S) groups is 1. The fraction of sp³-hybridized carbons (Fsp3) is 0.0625. The van der Waals surface area contributed by atoms with Crippen molar-refractivity contribution in [3.63, 3.8) is 0 Å². The molecule has 4 aromatic rings. The van der Waals surface area contributed by atoms with Crippen molar-refractivity contribution in [1.29, 1.82) is 0 Å². The molecule has 0 atom stereocenters. The number of anilines is 1. The number of aromatic nitrogens is 4. The van der Waals surface area contributed by atoms with Crippen LogP contribution in [0.4, 0.5) is 5.69 Å².